The highest BCUT2D eigenvalue weighted by Gasteiger charge is 2.65. The number of hydrogen-bond acceptors (Lipinski definition) is 4. The van der Waals surface area contributed by atoms with Gasteiger partial charge in [0.15, 0.2) is 11.6 Å². The number of nitriles is 1. The van der Waals surface area contributed by atoms with E-state index in [0.29, 0.717) is 21.4 Å². The molecule has 3 atom stereocenters. The van der Waals surface area contributed by atoms with E-state index >= 15 is 0 Å². The summed E-state index contributed by atoms with van der Waals surface area (Å²) in [5, 5.41) is 10.9. The number of hydrogen-bond donors (Lipinski definition) is 0. The Morgan fingerprint density at radius 2 is 1.78 bits per heavy atom. The minimum atomic E-state index is -1.21. The maximum atomic E-state index is 14.4. The summed E-state index contributed by atoms with van der Waals surface area (Å²) in [5.74, 6) is -1.26. The summed E-state index contributed by atoms with van der Waals surface area (Å²) in [7, 11) is 0. The lowest BCUT2D eigenvalue weighted by Gasteiger charge is -2.15. The molecule has 3 unspecified atom stereocenters. The SMILES string of the molecule is CCC1(CC)C(C=C(Cl)c2ccc(Cl)cc2)C1C(=O)OC(C#N)c1ccc(F)c(Oc2ccccc2)c1. The van der Waals surface area contributed by atoms with Crippen LogP contribution in [-0.2, 0) is 9.53 Å². The molecular weight excluding hydrogens is 512 g/mol. The van der Waals surface area contributed by atoms with Crippen LogP contribution in [0.4, 0.5) is 4.39 Å². The van der Waals surface area contributed by atoms with Crippen molar-refractivity contribution in [2.45, 2.75) is 32.8 Å². The molecule has 1 aliphatic rings. The molecular formula is C30H26Cl2FNO3. The zero-order valence-corrected chi connectivity index (χ0v) is 22.0. The van der Waals surface area contributed by atoms with Crippen LogP contribution < -0.4 is 4.74 Å². The third-order valence-corrected chi connectivity index (χ3v) is 7.73. The van der Waals surface area contributed by atoms with Crippen LogP contribution >= 0.6 is 23.2 Å². The third kappa shape index (κ3) is 5.66. The molecule has 3 aromatic carbocycles. The number of nitrogens with zero attached hydrogens (tertiary/aromatic N) is 1. The molecule has 3 aromatic rings. The Bertz CT molecular complexity index is 1330. The molecule has 4 nitrogen and oxygen atoms in total. The van der Waals surface area contributed by atoms with E-state index in [-0.39, 0.29) is 17.1 Å². The molecule has 4 rings (SSSR count). The van der Waals surface area contributed by atoms with Crippen molar-refractivity contribution in [3.63, 3.8) is 0 Å². The van der Waals surface area contributed by atoms with E-state index in [1.165, 1.54) is 18.2 Å². The number of allylic oxidation sites excluding steroid dienone is 1. The summed E-state index contributed by atoms with van der Waals surface area (Å²) >= 11 is 12.6. The lowest BCUT2D eigenvalue weighted by Crippen LogP contribution is -2.16. The second kappa shape index (κ2) is 11.4. The topological polar surface area (TPSA) is 59.3 Å². The van der Waals surface area contributed by atoms with E-state index < -0.39 is 23.8 Å². The summed E-state index contributed by atoms with van der Waals surface area (Å²) in [5.41, 5.74) is 0.820. The van der Waals surface area contributed by atoms with Crippen molar-refractivity contribution in [3.8, 4) is 17.6 Å². The number of halogens is 3. The van der Waals surface area contributed by atoms with Crippen LogP contribution in [0.5, 0.6) is 11.5 Å². The summed E-state index contributed by atoms with van der Waals surface area (Å²) in [4.78, 5) is 13.3. The van der Waals surface area contributed by atoms with E-state index in [1.54, 1.807) is 36.4 Å². The normalized spacial score (nSPS) is 19.0. The first kappa shape index (κ1) is 26.7. The number of carbonyl (C=O) groups is 1. The van der Waals surface area contributed by atoms with Gasteiger partial charge in [0.1, 0.15) is 11.8 Å². The first-order valence-electron chi connectivity index (χ1n) is 12.1. The highest BCUT2D eigenvalue weighted by atomic mass is 35.5. The highest BCUT2D eigenvalue weighted by molar-refractivity contribution is 6.48. The van der Waals surface area contributed by atoms with Crippen LogP contribution in [0.1, 0.15) is 43.9 Å². The Hall–Kier alpha value is -3.33. The number of ether oxygens (including phenoxy) is 2. The van der Waals surface area contributed by atoms with Gasteiger partial charge in [0.05, 0.1) is 5.92 Å². The fourth-order valence-electron chi connectivity index (χ4n) is 4.93. The Morgan fingerprint density at radius 3 is 2.41 bits per heavy atom. The van der Waals surface area contributed by atoms with Gasteiger partial charge in [-0.1, -0.05) is 79.5 Å². The highest BCUT2D eigenvalue weighted by Crippen LogP contribution is 2.65. The lowest BCUT2D eigenvalue weighted by molar-refractivity contribution is -0.149. The molecule has 0 amide bonds. The molecule has 1 aliphatic carbocycles. The van der Waals surface area contributed by atoms with Crippen molar-refractivity contribution < 1.29 is 18.7 Å². The second-order valence-corrected chi connectivity index (χ2v) is 9.86. The monoisotopic (exact) mass is 537 g/mol. The van der Waals surface area contributed by atoms with Gasteiger partial charge in [-0.15, -0.1) is 0 Å². The summed E-state index contributed by atoms with van der Waals surface area (Å²) in [6.45, 7) is 4.06. The molecule has 0 heterocycles. The Balaban J connectivity index is 1.54. The van der Waals surface area contributed by atoms with Gasteiger partial charge < -0.3 is 9.47 Å². The molecule has 0 aliphatic heterocycles. The van der Waals surface area contributed by atoms with Crippen molar-refractivity contribution in [3.05, 3.63) is 101 Å². The van der Waals surface area contributed by atoms with Crippen molar-refractivity contribution in [1.29, 1.82) is 5.26 Å². The van der Waals surface area contributed by atoms with Gasteiger partial charge in [0.2, 0.25) is 6.10 Å². The number of para-hydroxylation sites is 1. The van der Waals surface area contributed by atoms with Gasteiger partial charge >= 0.3 is 5.97 Å². The molecule has 1 fully saturated rings. The zero-order valence-electron chi connectivity index (χ0n) is 20.5. The average Bonchev–Trinajstić information content (AvgIpc) is 3.56. The Kier molecular flexibility index (Phi) is 8.22. The van der Waals surface area contributed by atoms with Crippen molar-refractivity contribution >= 4 is 34.2 Å². The predicted molar refractivity (Wildman–Crippen MR) is 143 cm³/mol. The quantitative estimate of drug-likeness (QED) is 0.256. The first-order valence-corrected chi connectivity index (χ1v) is 12.8. The zero-order chi connectivity index (χ0) is 26.6. The summed E-state index contributed by atoms with van der Waals surface area (Å²) in [6, 6.07) is 21.9. The summed E-state index contributed by atoms with van der Waals surface area (Å²) < 4.78 is 25.7. The number of rotatable bonds is 9. The van der Waals surface area contributed by atoms with E-state index in [4.69, 9.17) is 32.7 Å². The third-order valence-electron chi connectivity index (χ3n) is 7.13. The maximum absolute atomic E-state index is 14.4. The number of carbonyl (C=O) groups excluding carboxylic acids is 1. The Labute approximate surface area is 226 Å². The average molecular weight is 538 g/mol. The first-order chi connectivity index (χ1) is 17.8. The van der Waals surface area contributed by atoms with Crippen LogP contribution in [0.15, 0.2) is 78.9 Å². The standard InChI is InChI=1S/C30H26Cl2FNO3/c1-3-30(4-2)23(17-24(32)19-10-13-21(31)14-11-19)28(30)29(35)37-27(18-34)20-12-15-25(33)26(16-20)36-22-8-6-5-7-9-22/h5-17,23,27-28H,3-4H2,1-2H3. The van der Waals surface area contributed by atoms with Gasteiger partial charge in [-0.05, 0) is 66.1 Å². The van der Waals surface area contributed by atoms with Crippen LogP contribution in [0.3, 0.4) is 0 Å². The van der Waals surface area contributed by atoms with E-state index in [1.807, 2.05) is 44.2 Å². The van der Waals surface area contributed by atoms with Gasteiger partial charge in [-0.2, -0.15) is 5.26 Å². The summed E-state index contributed by atoms with van der Waals surface area (Å²) in [6.07, 6.45) is 2.18. The van der Waals surface area contributed by atoms with Crippen molar-refractivity contribution in [1.82, 2.24) is 0 Å². The van der Waals surface area contributed by atoms with E-state index in [9.17, 15) is 14.4 Å². The predicted octanol–water partition coefficient (Wildman–Crippen LogP) is 8.71. The molecule has 1 saturated carbocycles. The van der Waals surface area contributed by atoms with Gasteiger partial charge in [-0.3, -0.25) is 4.79 Å². The minimum Gasteiger partial charge on any atom is -0.454 e. The van der Waals surface area contributed by atoms with Crippen molar-refractivity contribution in [2.75, 3.05) is 0 Å². The molecule has 0 N–H and O–H groups in total. The molecule has 190 valence electrons. The smallest absolute Gasteiger partial charge is 0.311 e. The van der Waals surface area contributed by atoms with Crippen LogP contribution in [0.25, 0.3) is 5.03 Å². The second-order valence-electron chi connectivity index (χ2n) is 9.02. The van der Waals surface area contributed by atoms with Crippen LogP contribution in [-0.4, -0.2) is 5.97 Å². The van der Waals surface area contributed by atoms with Gasteiger partial charge in [0, 0.05) is 15.6 Å². The van der Waals surface area contributed by atoms with Crippen LogP contribution in [0, 0.1) is 34.4 Å². The van der Waals surface area contributed by atoms with E-state index in [0.717, 1.165) is 18.4 Å². The maximum Gasteiger partial charge on any atom is 0.311 e. The van der Waals surface area contributed by atoms with E-state index in [2.05, 4.69) is 0 Å². The molecule has 0 radical (unpaired) electrons. The largest absolute Gasteiger partial charge is 0.454 e. The number of benzene rings is 3. The molecule has 0 spiro atoms. The van der Waals surface area contributed by atoms with Gasteiger partial charge in [-0.25, -0.2) is 4.39 Å². The fraction of sp³-hybridized carbons (Fsp3) is 0.267. The minimum absolute atomic E-state index is 0.0570. The van der Waals surface area contributed by atoms with Gasteiger partial charge in [0.25, 0.3) is 0 Å². The number of esters is 1. The molecule has 0 saturated heterocycles. The molecule has 0 bridgehead atoms. The molecule has 7 heteroatoms. The Morgan fingerprint density at radius 1 is 1.11 bits per heavy atom. The molecule has 0 aromatic heterocycles. The molecule has 37 heavy (non-hydrogen) atoms. The fourth-order valence-corrected chi connectivity index (χ4v) is 5.31. The van der Waals surface area contributed by atoms with Crippen molar-refractivity contribution in [2.24, 2.45) is 17.3 Å². The van der Waals surface area contributed by atoms with Crippen LogP contribution in [0.2, 0.25) is 5.02 Å². The lowest BCUT2D eigenvalue weighted by atomic mass is 9.94.